The van der Waals surface area contributed by atoms with E-state index in [2.05, 4.69) is 10.6 Å². The Kier molecular flexibility index (Phi) is 6.19. The second-order valence-electron chi connectivity index (χ2n) is 9.71. The number of aryl methyl sites for hydroxylation is 1. The van der Waals surface area contributed by atoms with E-state index >= 15 is 0 Å². The highest BCUT2D eigenvalue weighted by atomic mass is 19.4. The van der Waals surface area contributed by atoms with Gasteiger partial charge in [-0.2, -0.15) is 13.2 Å². The molecule has 1 aliphatic carbocycles. The Labute approximate surface area is 184 Å². The first kappa shape index (κ1) is 23.9. The Morgan fingerprint density at radius 1 is 1.28 bits per heavy atom. The van der Waals surface area contributed by atoms with E-state index in [0.29, 0.717) is 18.4 Å². The average molecular weight is 455 g/mol. The normalized spacial score (nSPS) is 25.1. The Bertz CT molecular complexity index is 931. The molecule has 1 spiro atoms. The van der Waals surface area contributed by atoms with Crippen molar-refractivity contribution in [1.29, 1.82) is 0 Å². The van der Waals surface area contributed by atoms with Gasteiger partial charge in [-0.15, -0.1) is 0 Å². The minimum Gasteiger partial charge on any atom is -0.482 e. The summed E-state index contributed by atoms with van der Waals surface area (Å²) in [4.78, 5) is 39.2. The first-order chi connectivity index (χ1) is 14.7. The van der Waals surface area contributed by atoms with Crippen molar-refractivity contribution in [2.75, 3.05) is 18.5 Å². The zero-order valence-electron chi connectivity index (χ0n) is 18.6. The second-order valence-corrected chi connectivity index (χ2v) is 9.71. The molecule has 2 N–H and O–H groups in total. The van der Waals surface area contributed by atoms with Crippen LogP contribution < -0.4 is 15.4 Å². The first-order valence-corrected chi connectivity index (χ1v) is 10.4. The van der Waals surface area contributed by atoms with Crippen LogP contribution in [0.3, 0.4) is 0 Å². The molecule has 4 amide bonds. The second kappa shape index (κ2) is 8.29. The zero-order valence-corrected chi connectivity index (χ0v) is 18.6. The van der Waals surface area contributed by atoms with E-state index in [9.17, 15) is 27.6 Å². The van der Waals surface area contributed by atoms with Crippen molar-refractivity contribution in [2.24, 2.45) is 11.3 Å². The predicted octanol–water partition coefficient (Wildman–Crippen LogP) is 4.01. The molecule has 1 saturated heterocycles. The Balaban J connectivity index is 1.72. The molecule has 1 aromatic carbocycles. The van der Waals surface area contributed by atoms with Crippen LogP contribution in [-0.4, -0.2) is 47.6 Å². The SMILES string of the molecule is Cc1ccc(NC(=O)CN2C(=O)NC3(CC(C)CC(C)(C)C3)C2=O)c(OCC(F)(F)F)c1. The van der Waals surface area contributed by atoms with E-state index in [4.69, 9.17) is 4.74 Å². The van der Waals surface area contributed by atoms with Crippen LogP contribution in [-0.2, 0) is 9.59 Å². The summed E-state index contributed by atoms with van der Waals surface area (Å²) in [6.07, 6.45) is -2.65. The van der Waals surface area contributed by atoms with E-state index in [1.54, 1.807) is 13.0 Å². The van der Waals surface area contributed by atoms with Crippen molar-refractivity contribution in [3.63, 3.8) is 0 Å². The molecule has 0 bridgehead atoms. The number of carbonyl (C=O) groups excluding carboxylic acids is 3. The monoisotopic (exact) mass is 455 g/mol. The van der Waals surface area contributed by atoms with Crippen molar-refractivity contribution in [1.82, 2.24) is 10.2 Å². The van der Waals surface area contributed by atoms with Gasteiger partial charge in [0.2, 0.25) is 5.91 Å². The molecular formula is C22H28F3N3O4. The van der Waals surface area contributed by atoms with E-state index in [1.807, 2.05) is 20.8 Å². The lowest BCUT2D eigenvalue weighted by molar-refractivity contribution is -0.153. The van der Waals surface area contributed by atoms with Crippen LogP contribution >= 0.6 is 0 Å². The maximum absolute atomic E-state index is 13.2. The number of amides is 4. The van der Waals surface area contributed by atoms with Gasteiger partial charge in [0.25, 0.3) is 5.91 Å². The highest BCUT2D eigenvalue weighted by Gasteiger charge is 2.56. The maximum Gasteiger partial charge on any atom is 0.422 e. The van der Waals surface area contributed by atoms with Crippen molar-refractivity contribution in [2.45, 2.75) is 58.7 Å². The Morgan fingerprint density at radius 2 is 1.97 bits per heavy atom. The third kappa shape index (κ3) is 5.34. The molecule has 1 saturated carbocycles. The van der Waals surface area contributed by atoms with Gasteiger partial charge in [0.05, 0.1) is 5.69 Å². The van der Waals surface area contributed by atoms with Crippen LogP contribution in [0.25, 0.3) is 0 Å². The van der Waals surface area contributed by atoms with Gasteiger partial charge >= 0.3 is 12.2 Å². The Morgan fingerprint density at radius 3 is 2.59 bits per heavy atom. The van der Waals surface area contributed by atoms with Crippen molar-refractivity contribution >= 4 is 23.5 Å². The van der Waals surface area contributed by atoms with Crippen LogP contribution in [0.2, 0.25) is 0 Å². The summed E-state index contributed by atoms with van der Waals surface area (Å²) in [7, 11) is 0. The van der Waals surface area contributed by atoms with Crippen molar-refractivity contribution in [3.05, 3.63) is 23.8 Å². The highest BCUT2D eigenvalue weighted by molar-refractivity contribution is 6.10. The molecule has 176 valence electrons. The number of halogens is 3. The quantitative estimate of drug-likeness (QED) is 0.657. The number of rotatable bonds is 5. The molecule has 3 rings (SSSR count). The first-order valence-electron chi connectivity index (χ1n) is 10.4. The molecule has 0 radical (unpaired) electrons. The number of alkyl halides is 3. The van der Waals surface area contributed by atoms with Gasteiger partial charge in [0.1, 0.15) is 17.8 Å². The van der Waals surface area contributed by atoms with Crippen LogP contribution in [0.4, 0.5) is 23.7 Å². The number of hydrogen-bond acceptors (Lipinski definition) is 4. The van der Waals surface area contributed by atoms with Gasteiger partial charge in [-0.05, 0) is 55.2 Å². The molecule has 2 atom stereocenters. The lowest BCUT2D eigenvalue weighted by Gasteiger charge is -2.43. The van der Waals surface area contributed by atoms with Gasteiger partial charge in [-0.25, -0.2) is 4.79 Å². The smallest absolute Gasteiger partial charge is 0.422 e. The topological polar surface area (TPSA) is 87.7 Å². The molecule has 7 nitrogen and oxygen atoms in total. The molecule has 32 heavy (non-hydrogen) atoms. The minimum absolute atomic E-state index is 0.0269. The largest absolute Gasteiger partial charge is 0.482 e. The summed E-state index contributed by atoms with van der Waals surface area (Å²) in [5, 5.41) is 5.24. The van der Waals surface area contributed by atoms with E-state index < -0.39 is 42.7 Å². The third-order valence-electron chi connectivity index (χ3n) is 5.73. The molecule has 2 fully saturated rings. The molecule has 1 aliphatic heterocycles. The highest BCUT2D eigenvalue weighted by Crippen LogP contribution is 2.46. The number of nitrogens with one attached hydrogen (secondary N) is 2. The van der Waals surface area contributed by atoms with Gasteiger partial charge in [-0.1, -0.05) is 26.8 Å². The summed E-state index contributed by atoms with van der Waals surface area (Å²) in [6, 6.07) is 3.74. The summed E-state index contributed by atoms with van der Waals surface area (Å²) in [6.45, 7) is 5.72. The number of carbonyl (C=O) groups is 3. The molecule has 0 aromatic heterocycles. The van der Waals surface area contributed by atoms with Crippen molar-refractivity contribution < 1.29 is 32.3 Å². The molecule has 1 heterocycles. The third-order valence-corrected chi connectivity index (χ3v) is 5.73. The summed E-state index contributed by atoms with van der Waals surface area (Å²) in [5.41, 5.74) is -0.515. The maximum atomic E-state index is 13.2. The molecule has 2 aliphatic rings. The number of anilines is 1. The van der Waals surface area contributed by atoms with Gasteiger partial charge in [-0.3, -0.25) is 14.5 Å². The molecule has 10 heteroatoms. The lowest BCUT2D eigenvalue weighted by Crippen LogP contribution is -2.54. The molecule has 2 unspecified atom stereocenters. The summed E-state index contributed by atoms with van der Waals surface area (Å²) in [5.74, 6) is -1.09. The lowest BCUT2D eigenvalue weighted by atomic mass is 9.64. The fraction of sp³-hybridized carbons (Fsp3) is 0.591. The number of ether oxygens (including phenoxy) is 1. The number of benzene rings is 1. The molecular weight excluding hydrogens is 427 g/mol. The zero-order chi connectivity index (χ0) is 23.9. The summed E-state index contributed by atoms with van der Waals surface area (Å²) >= 11 is 0. The fourth-order valence-corrected chi connectivity index (χ4v) is 4.99. The standard InChI is InChI=1S/C22H28F3N3O4/c1-13-5-6-15(16(7-13)32-12-22(23,24)25)26-17(29)10-28-18(30)21(27-19(28)31)9-14(2)8-20(3,4)11-21/h5-7,14H,8-12H2,1-4H3,(H,26,29)(H,27,31). The summed E-state index contributed by atoms with van der Waals surface area (Å²) < 4.78 is 42.5. The Hall–Kier alpha value is -2.78. The molecule has 1 aromatic rings. The predicted molar refractivity (Wildman–Crippen MR) is 111 cm³/mol. The van der Waals surface area contributed by atoms with Crippen LogP contribution in [0.15, 0.2) is 18.2 Å². The van der Waals surface area contributed by atoms with Crippen LogP contribution in [0.5, 0.6) is 5.75 Å². The van der Waals surface area contributed by atoms with Gasteiger partial charge in [0, 0.05) is 0 Å². The van der Waals surface area contributed by atoms with Crippen LogP contribution in [0, 0.1) is 18.3 Å². The number of urea groups is 1. The van der Waals surface area contributed by atoms with Gasteiger partial charge in [0.15, 0.2) is 6.61 Å². The van der Waals surface area contributed by atoms with Crippen LogP contribution in [0.1, 0.15) is 45.6 Å². The number of hydrogen-bond donors (Lipinski definition) is 2. The van der Waals surface area contributed by atoms with E-state index in [1.165, 1.54) is 12.1 Å². The fourth-order valence-electron chi connectivity index (χ4n) is 4.99. The van der Waals surface area contributed by atoms with Crippen molar-refractivity contribution in [3.8, 4) is 5.75 Å². The minimum atomic E-state index is -4.54. The average Bonchev–Trinajstić information content (AvgIpc) is 2.83. The van der Waals surface area contributed by atoms with E-state index in [0.717, 1.165) is 11.3 Å². The van der Waals surface area contributed by atoms with Gasteiger partial charge < -0.3 is 15.4 Å². The number of imide groups is 1. The van der Waals surface area contributed by atoms with E-state index in [-0.39, 0.29) is 22.8 Å². The number of nitrogens with zero attached hydrogens (tertiary/aromatic N) is 1.